The zero-order chi connectivity index (χ0) is 9.03. The first-order valence-electron chi connectivity index (χ1n) is 3.43. The molecule has 0 aromatic heterocycles. The molecule has 0 aliphatic carbocycles. The highest BCUT2D eigenvalue weighted by Gasteiger charge is 2.30. The Bertz CT molecular complexity index is 238. The first kappa shape index (κ1) is 9.42. The maximum Gasteiger partial charge on any atom is 0.286 e. The summed E-state index contributed by atoms with van der Waals surface area (Å²) in [5.74, 6) is -2.90. The number of benzene rings is 1. The van der Waals surface area contributed by atoms with Crippen molar-refractivity contribution in [2.75, 3.05) is 6.54 Å². The molecule has 1 aromatic rings. The summed E-state index contributed by atoms with van der Waals surface area (Å²) in [5, 5.41) is 0. The first-order chi connectivity index (χ1) is 5.67. The summed E-state index contributed by atoms with van der Waals surface area (Å²) in [7, 11) is 0. The van der Waals surface area contributed by atoms with Gasteiger partial charge in [-0.2, -0.15) is 8.78 Å². The molecule has 0 saturated heterocycles. The molecule has 12 heavy (non-hydrogen) atoms. The van der Waals surface area contributed by atoms with Crippen molar-refractivity contribution in [3.8, 4) is 0 Å². The molecule has 0 saturated carbocycles. The van der Waals surface area contributed by atoms with E-state index in [0.29, 0.717) is 0 Å². The number of hydrogen-bond donors (Lipinski definition) is 1. The Morgan fingerprint density at radius 1 is 1.25 bits per heavy atom. The molecule has 0 atom stereocenters. The fraction of sp³-hybridized carbons (Fsp3) is 0.250. The molecule has 0 amide bonds. The maximum atomic E-state index is 13.0. The van der Waals surface area contributed by atoms with Gasteiger partial charge in [-0.25, -0.2) is 4.84 Å². The van der Waals surface area contributed by atoms with Crippen molar-refractivity contribution in [2.24, 2.45) is 0 Å². The van der Waals surface area contributed by atoms with Crippen molar-refractivity contribution in [1.82, 2.24) is 4.84 Å². The van der Waals surface area contributed by atoms with Crippen LogP contribution in [-0.2, 0) is 5.92 Å². The summed E-state index contributed by atoms with van der Waals surface area (Å²) in [6.45, 7) is -0.557. The van der Waals surface area contributed by atoms with Crippen molar-refractivity contribution in [2.45, 2.75) is 5.92 Å². The van der Waals surface area contributed by atoms with Crippen molar-refractivity contribution in [3.05, 3.63) is 35.9 Å². The van der Waals surface area contributed by atoms with Crippen molar-refractivity contribution < 1.29 is 8.78 Å². The molecule has 1 aromatic carbocycles. The van der Waals surface area contributed by atoms with Gasteiger partial charge in [0.25, 0.3) is 5.92 Å². The second-order valence-corrected chi connectivity index (χ2v) is 2.65. The average Bonchev–Trinajstić information content (AvgIpc) is 2.06. The van der Waals surface area contributed by atoms with E-state index in [4.69, 9.17) is 11.8 Å². The lowest BCUT2D eigenvalue weighted by Crippen LogP contribution is -2.25. The second-order valence-electron chi connectivity index (χ2n) is 2.38. The van der Waals surface area contributed by atoms with Crippen LogP contribution in [0.2, 0.25) is 0 Å². The molecular weight excluding hydrogens is 184 g/mol. The van der Waals surface area contributed by atoms with Crippen LogP contribution >= 0.6 is 11.8 Å². The molecule has 66 valence electrons. The lowest BCUT2D eigenvalue weighted by molar-refractivity contribution is 0.00227. The van der Waals surface area contributed by atoms with E-state index < -0.39 is 12.5 Å². The summed E-state index contributed by atoms with van der Waals surface area (Å²) >= 11 is 5.01. The molecule has 0 fully saturated rings. The second kappa shape index (κ2) is 3.83. The number of hydrogen-bond acceptors (Lipinski definition) is 1. The molecule has 1 N–H and O–H groups in total. The number of halogens is 3. The molecular formula is C8H8ClF2N. The fourth-order valence-electron chi connectivity index (χ4n) is 0.868. The standard InChI is InChI=1S/C8H8ClF2N/c9-12-6-8(10,11)7-4-2-1-3-5-7/h1-5,12H,6H2. The third kappa shape index (κ3) is 2.16. The predicted octanol–water partition coefficient (Wildman–Crippen LogP) is 2.52. The summed E-state index contributed by atoms with van der Waals surface area (Å²) in [4.78, 5) is 1.93. The molecule has 0 aliphatic heterocycles. The molecule has 0 bridgehead atoms. The van der Waals surface area contributed by atoms with Gasteiger partial charge in [0.1, 0.15) is 0 Å². The number of rotatable bonds is 3. The summed E-state index contributed by atoms with van der Waals surface area (Å²) in [6.07, 6.45) is 0. The van der Waals surface area contributed by atoms with Gasteiger partial charge in [-0.3, -0.25) is 0 Å². The topological polar surface area (TPSA) is 12.0 Å². The smallest absolute Gasteiger partial charge is 0.227 e. The van der Waals surface area contributed by atoms with Gasteiger partial charge < -0.3 is 0 Å². The van der Waals surface area contributed by atoms with Gasteiger partial charge in [-0.05, 0) is 11.8 Å². The zero-order valence-corrected chi connectivity index (χ0v) is 6.98. The highest BCUT2D eigenvalue weighted by atomic mass is 35.5. The Labute approximate surface area is 74.5 Å². The molecule has 1 nitrogen and oxygen atoms in total. The molecule has 0 radical (unpaired) electrons. The molecule has 0 heterocycles. The summed E-state index contributed by atoms with van der Waals surface area (Å²) < 4.78 is 26.0. The van der Waals surface area contributed by atoms with Gasteiger partial charge in [0.15, 0.2) is 0 Å². The van der Waals surface area contributed by atoms with Crippen LogP contribution in [0.1, 0.15) is 5.56 Å². The van der Waals surface area contributed by atoms with Gasteiger partial charge >= 0.3 is 0 Å². The van der Waals surface area contributed by atoms with E-state index in [0.717, 1.165) is 0 Å². The Balaban J connectivity index is 2.82. The van der Waals surface area contributed by atoms with Crippen LogP contribution in [0.25, 0.3) is 0 Å². The lowest BCUT2D eigenvalue weighted by atomic mass is 10.1. The van der Waals surface area contributed by atoms with E-state index in [1.165, 1.54) is 12.1 Å². The first-order valence-corrected chi connectivity index (χ1v) is 3.81. The summed E-state index contributed by atoms with van der Waals surface area (Å²) in [6, 6.07) is 7.56. The normalized spacial score (nSPS) is 11.6. The minimum atomic E-state index is -2.90. The van der Waals surface area contributed by atoms with Gasteiger partial charge in [0.2, 0.25) is 0 Å². The maximum absolute atomic E-state index is 13.0. The molecule has 0 aliphatic rings. The molecule has 4 heteroatoms. The highest BCUT2D eigenvalue weighted by molar-refractivity contribution is 6.13. The van der Waals surface area contributed by atoms with Gasteiger partial charge in [0.05, 0.1) is 6.54 Å². The monoisotopic (exact) mass is 191 g/mol. The Morgan fingerprint density at radius 3 is 2.33 bits per heavy atom. The lowest BCUT2D eigenvalue weighted by Gasteiger charge is -2.14. The van der Waals surface area contributed by atoms with Crippen LogP contribution in [0.15, 0.2) is 30.3 Å². The van der Waals surface area contributed by atoms with Crippen LogP contribution in [0, 0.1) is 0 Å². The van der Waals surface area contributed by atoms with Crippen LogP contribution in [0.4, 0.5) is 8.78 Å². The number of alkyl halides is 2. The third-order valence-corrected chi connectivity index (χ3v) is 1.62. The van der Waals surface area contributed by atoms with Crippen LogP contribution in [0.5, 0.6) is 0 Å². The van der Waals surface area contributed by atoms with E-state index in [2.05, 4.69) is 0 Å². The summed E-state index contributed by atoms with van der Waals surface area (Å²) in [5.41, 5.74) is -0.0295. The fourth-order valence-corrected chi connectivity index (χ4v) is 1.04. The van der Waals surface area contributed by atoms with Crippen molar-refractivity contribution in [1.29, 1.82) is 0 Å². The van der Waals surface area contributed by atoms with E-state index >= 15 is 0 Å². The van der Waals surface area contributed by atoms with Crippen LogP contribution < -0.4 is 4.84 Å². The van der Waals surface area contributed by atoms with Gasteiger partial charge in [-0.1, -0.05) is 30.3 Å². The van der Waals surface area contributed by atoms with E-state index in [1.807, 2.05) is 4.84 Å². The third-order valence-electron chi connectivity index (χ3n) is 1.48. The largest absolute Gasteiger partial charge is 0.286 e. The Morgan fingerprint density at radius 2 is 1.83 bits per heavy atom. The van der Waals surface area contributed by atoms with Gasteiger partial charge in [-0.15, -0.1) is 0 Å². The molecule has 1 rings (SSSR count). The van der Waals surface area contributed by atoms with Gasteiger partial charge in [0, 0.05) is 5.56 Å². The van der Waals surface area contributed by atoms with Crippen molar-refractivity contribution >= 4 is 11.8 Å². The van der Waals surface area contributed by atoms with E-state index in [-0.39, 0.29) is 5.56 Å². The average molecular weight is 192 g/mol. The minimum Gasteiger partial charge on any atom is -0.227 e. The quantitative estimate of drug-likeness (QED) is 0.724. The Hall–Kier alpha value is -0.670. The molecule has 0 spiro atoms. The SMILES string of the molecule is FC(F)(CNCl)c1ccccc1. The zero-order valence-electron chi connectivity index (χ0n) is 6.23. The predicted molar refractivity (Wildman–Crippen MR) is 44.2 cm³/mol. The highest BCUT2D eigenvalue weighted by Crippen LogP contribution is 2.26. The van der Waals surface area contributed by atoms with Crippen LogP contribution in [-0.4, -0.2) is 6.54 Å². The Kier molecular flexibility index (Phi) is 3.00. The number of nitrogens with one attached hydrogen (secondary N) is 1. The van der Waals surface area contributed by atoms with E-state index in [1.54, 1.807) is 18.2 Å². The minimum absolute atomic E-state index is 0.0295. The molecule has 0 unspecified atom stereocenters. The van der Waals surface area contributed by atoms with Crippen LogP contribution in [0.3, 0.4) is 0 Å². The van der Waals surface area contributed by atoms with E-state index in [9.17, 15) is 8.78 Å². The van der Waals surface area contributed by atoms with Crippen molar-refractivity contribution in [3.63, 3.8) is 0 Å².